The van der Waals surface area contributed by atoms with Crippen LogP contribution in [0.1, 0.15) is 30.9 Å². The van der Waals surface area contributed by atoms with Crippen molar-refractivity contribution in [3.63, 3.8) is 0 Å². The average molecular weight is 410 g/mol. The highest BCUT2D eigenvalue weighted by molar-refractivity contribution is 7.89. The lowest BCUT2D eigenvalue weighted by Crippen LogP contribution is -2.45. The first-order valence-corrected chi connectivity index (χ1v) is 11.7. The molecule has 1 unspecified atom stereocenters. The highest BCUT2D eigenvalue weighted by atomic mass is 32.2. The smallest absolute Gasteiger partial charge is 0.224 e. The number of rotatable bonds is 7. The van der Waals surface area contributed by atoms with E-state index in [1.54, 1.807) is 6.92 Å². The van der Waals surface area contributed by atoms with E-state index in [1.807, 2.05) is 18.2 Å². The zero-order valence-electron chi connectivity index (χ0n) is 16.6. The minimum atomic E-state index is -3.24. The number of benzene rings is 1. The average Bonchev–Trinajstić information content (AvgIpc) is 2.73. The molecule has 156 valence electrons. The van der Waals surface area contributed by atoms with Gasteiger partial charge in [0.15, 0.2) is 0 Å². The predicted octanol–water partition coefficient (Wildman–Crippen LogP) is 1.20. The summed E-state index contributed by atoms with van der Waals surface area (Å²) in [7, 11) is -3.24. The fourth-order valence-corrected chi connectivity index (χ4v) is 4.98. The summed E-state index contributed by atoms with van der Waals surface area (Å²) in [6.45, 7) is 7.13. The Kier molecular flexibility index (Phi) is 7.45. The highest BCUT2D eigenvalue weighted by Gasteiger charge is 2.31. The van der Waals surface area contributed by atoms with Crippen LogP contribution in [0.5, 0.6) is 0 Å². The van der Waals surface area contributed by atoms with Crippen molar-refractivity contribution < 1.29 is 17.9 Å². The van der Waals surface area contributed by atoms with Gasteiger partial charge >= 0.3 is 0 Å². The second kappa shape index (κ2) is 9.82. The molecule has 2 fully saturated rings. The molecule has 1 aromatic rings. The monoisotopic (exact) mass is 409 g/mol. The van der Waals surface area contributed by atoms with Crippen molar-refractivity contribution in [2.75, 3.05) is 45.1 Å². The molecule has 28 heavy (non-hydrogen) atoms. The maximum atomic E-state index is 12.7. The second-order valence-electron chi connectivity index (χ2n) is 7.47. The van der Waals surface area contributed by atoms with Gasteiger partial charge < -0.3 is 10.1 Å². The Morgan fingerprint density at radius 3 is 2.61 bits per heavy atom. The van der Waals surface area contributed by atoms with Gasteiger partial charge in [0.2, 0.25) is 15.9 Å². The lowest BCUT2D eigenvalue weighted by atomic mass is 9.98. The number of amides is 1. The number of piperidine rings is 1. The molecule has 2 saturated heterocycles. The molecule has 0 aliphatic carbocycles. The Labute approximate surface area is 168 Å². The van der Waals surface area contributed by atoms with Crippen LogP contribution >= 0.6 is 0 Å². The molecule has 1 aromatic carbocycles. The molecule has 0 spiro atoms. The van der Waals surface area contributed by atoms with Crippen LogP contribution in [0.2, 0.25) is 0 Å². The summed E-state index contributed by atoms with van der Waals surface area (Å²) in [6, 6.07) is 8.16. The van der Waals surface area contributed by atoms with Crippen LogP contribution in [0.4, 0.5) is 0 Å². The Balaban J connectivity index is 1.57. The first-order chi connectivity index (χ1) is 13.5. The van der Waals surface area contributed by atoms with Gasteiger partial charge in [0.1, 0.15) is 0 Å². The first-order valence-electron chi connectivity index (χ1n) is 10.1. The minimum Gasteiger partial charge on any atom is -0.379 e. The number of nitrogens with zero attached hydrogens (tertiary/aromatic N) is 2. The third-order valence-electron chi connectivity index (χ3n) is 5.58. The van der Waals surface area contributed by atoms with Crippen LogP contribution in [-0.2, 0) is 32.6 Å². The van der Waals surface area contributed by atoms with Gasteiger partial charge in [-0.3, -0.25) is 9.69 Å². The van der Waals surface area contributed by atoms with E-state index in [1.165, 1.54) is 9.87 Å². The van der Waals surface area contributed by atoms with Crippen LogP contribution in [0.15, 0.2) is 24.3 Å². The van der Waals surface area contributed by atoms with Crippen LogP contribution in [0.3, 0.4) is 0 Å². The first kappa shape index (κ1) is 21.2. The van der Waals surface area contributed by atoms with Gasteiger partial charge in [0.25, 0.3) is 0 Å². The number of carbonyl (C=O) groups excluding carboxylic acids is 1. The number of carbonyl (C=O) groups is 1. The number of ether oxygens (including phenoxy) is 1. The molecule has 0 radical (unpaired) electrons. The number of hydrogen-bond donors (Lipinski definition) is 1. The normalized spacial score (nSPS) is 22.1. The molecule has 0 bridgehead atoms. The van der Waals surface area contributed by atoms with Gasteiger partial charge in [-0.1, -0.05) is 24.3 Å². The summed E-state index contributed by atoms with van der Waals surface area (Å²) in [6.07, 6.45) is 1.46. The summed E-state index contributed by atoms with van der Waals surface area (Å²) in [5, 5.41) is 3.03. The second-order valence-corrected chi connectivity index (χ2v) is 9.73. The Morgan fingerprint density at radius 1 is 1.18 bits per heavy atom. The van der Waals surface area contributed by atoms with Gasteiger partial charge in [-0.05, 0) is 30.9 Å². The highest BCUT2D eigenvalue weighted by Crippen LogP contribution is 2.20. The van der Waals surface area contributed by atoms with E-state index in [4.69, 9.17) is 4.74 Å². The summed E-state index contributed by atoms with van der Waals surface area (Å²) in [5.74, 6) is -0.255. The molecule has 2 heterocycles. The van der Waals surface area contributed by atoms with Gasteiger partial charge in [-0.2, -0.15) is 0 Å². The molecular weight excluding hydrogens is 378 g/mol. The maximum absolute atomic E-state index is 12.7. The van der Waals surface area contributed by atoms with Crippen molar-refractivity contribution in [2.45, 2.75) is 32.9 Å². The van der Waals surface area contributed by atoms with Crippen LogP contribution in [0.25, 0.3) is 0 Å². The quantitative estimate of drug-likeness (QED) is 0.732. The Hall–Kier alpha value is -1.48. The fourth-order valence-electron chi connectivity index (χ4n) is 3.80. The minimum absolute atomic E-state index is 0.0582. The molecule has 0 saturated carbocycles. The summed E-state index contributed by atoms with van der Waals surface area (Å²) in [4.78, 5) is 15.0. The van der Waals surface area contributed by atoms with E-state index in [2.05, 4.69) is 16.3 Å². The fraction of sp³-hybridized carbons (Fsp3) is 0.650. The largest absolute Gasteiger partial charge is 0.379 e. The van der Waals surface area contributed by atoms with E-state index in [0.717, 1.165) is 51.3 Å². The number of hydrogen-bond acceptors (Lipinski definition) is 5. The zero-order chi connectivity index (χ0) is 20.0. The van der Waals surface area contributed by atoms with Crippen molar-refractivity contribution in [3.05, 3.63) is 35.4 Å². The van der Waals surface area contributed by atoms with Crippen molar-refractivity contribution >= 4 is 15.9 Å². The Morgan fingerprint density at radius 2 is 1.89 bits per heavy atom. The summed E-state index contributed by atoms with van der Waals surface area (Å²) >= 11 is 0. The maximum Gasteiger partial charge on any atom is 0.224 e. The lowest BCUT2D eigenvalue weighted by Gasteiger charge is -2.31. The van der Waals surface area contributed by atoms with Crippen molar-refractivity contribution in [3.8, 4) is 0 Å². The molecule has 1 N–H and O–H groups in total. The van der Waals surface area contributed by atoms with Gasteiger partial charge in [-0.15, -0.1) is 0 Å². The van der Waals surface area contributed by atoms with E-state index in [9.17, 15) is 13.2 Å². The van der Waals surface area contributed by atoms with Crippen molar-refractivity contribution in [1.82, 2.24) is 14.5 Å². The van der Waals surface area contributed by atoms with Crippen LogP contribution in [0, 0.1) is 5.92 Å². The zero-order valence-corrected chi connectivity index (χ0v) is 17.4. The molecule has 7 nitrogen and oxygen atoms in total. The third-order valence-corrected chi connectivity index (χ3v) is 7.43. The third kappa shape index (κ3) is 5.53. The van der Waals surface area contributed by atoms with Crippen molar-refractivity contribution in [2.24, 2.45) is 5.92 Å². The number of nitrogens with one attached hydrogen (secondary N) is 1. The predicted molar refractivity (Wildman–Crippen MR) is 108 cm³/mol. The van der Waals surface area contributed by atoms with E-state index in [-0.39, 0.29) is 24.1 Å². The topological polar surface area (TPSA) is 79.0 Å². The molecule has 3 rings (SSSR count). The van der Waals surface area contributed by atoms with Crippen LogP contribution < -0.4 is 5.32 Å². The van der Waals surface area contributed by atoms with Gasteiger partial charge in [0, 0.05) is 39.3 Å². The molecule has 2 aliphatic heterocycles. The van der Waals surface area contributed by atoms with Gasteiger partial charge in [-0.25, -0.2) is 12.7 Å². The van der Waals surface area contributed by atoms with E-state index >= 15 is 0 Å². The molecule has 1 amide bonds. The number of morpholine rings is 1. The van der Waals surface area contributed by atoms with Crippen molar-refractivity contribution in [1.29, 1.82) is 0 Å². The summed E-state index contributed by atoms with van der Waals surface area (Å²) < 4.78 is 31.1. The molecular formula is C20H31N3O4S. The lowest BCUT2D eigenvalue weighted by molar-refractivity contribution is -0.126. The van der Waals surface area contributed by atoms with E-state index in [0.29, 0.717) is 13.1 Å². The summed E-state index contributed by atoms with van der Waals surface area (Å²) in [5.41, 5.74) is 2.32. The molecule has 8 heteroatoms. The standard InChI is InChI=1S/C20H31N3O4S/c1-2-28(25,26)23-9-5-8-19(16-23)20(24)21-14-17-6-3-4-7-18(17)15-22-10-12-27-13-11-22/h3-4,6-7,19H,2,5,8-16H2,1H3,(H,21,24). The van der Waals surface area contributed by atoms with Crippen LogP contribution in [-0.4, -0.2) is 68.7 Å². The SMILES string of the molecule is CCS(=O)(=O)N1CCCC(C(=O)NCc2ccccc2CN2CCOCC2)C1. The van der Waals surface area contributed by atoms with E-state index < -0.39 is 10.0 Å². The van der Waals surface area contributed by atoms with Gasteiger partial charge in [0.05, 0.1) is 24.9 Å². The molecule has 1 atom stereocenters. The molecule has 2 aliphatic rings. The Bertz CT molecular complexity index is 762. The number of sulfonamides is 1. The molecule has 0 aromatic heterocycles.